The minimum absolute atomic E-state index is 0.268. The average Bonchev–Trinajstić information content (AvgIpc) is 2.50. The summed E-state index contributed by atoms with van der Waals surface area (Å²) in [4.78, 5) is 1.30. The van der Waals surface area contributed by atoms with Gasteiger partial charge in [0, 0.05) is 4.90 Å². The van der Waals surface area contributed by atoms with Gasteiger partial charge in [-0.2, -0.15) is 0 Å². The van der Waals surface area contributed by atoms with Crippen LogP contribution in [0.15, 0.2) is 17.0 Å². The zero-order chi connectivity index (χ0) is 14.4. The fraction of sp³-hybridized carbons (Fsp3) is 0.600. The van der Waals surface area contributed by atoms with Crippen LogP contribution in [0.25, 0.3) is 0 Å². The lowest BCUT2D eigenvalue weighted by Gasteiger charge is -2.32. The van der Waals surface area contributed by atoms with E-state index in [1.54, 1.807) is 11.8 Å². The van der Waals surface area contributed by atoms with Crippen molar-refractivity contribution in [2.45, 2.75) is 57.6 Å². The van der Waals surface area contributed by atoms with Gasteiger partial charge in [-0.25, -0.2) is 0 Å². The molecule has 0 saturated carbocycles. The first kappa shape index (κ1) is 15.0. The van der Waals surface area contributed by atoms with Crippen molar-refractivity contribution in [3.63, 3.8) is 0 Å². The fourth-order valence-electron chi connectivity index (χ4n) is 2.28. The Morgan fingerprint density at radius 1 is 1.00 bits per heavy atom. The highest BCUT2D eigenvalue weighted by Crippen LogP contribution is 2.37. The Balaban J connectivity index is 2.42. The SMILES string of the molecule is CSc1cc(C)cc(B2OC(C)(C)C(C)(C)O2)c1C. The van der Waals surface area contributed by atoms with Gasteiger partial charge < -0.3 is 9.31 Å². The Hall–Kier alpha value is -0.445. The van der Waals surface area contributed by atoms with Crippen LogP contribution in [0, 0.1) is 13.8 Å². The maximum atomic E-state index is 6.15. The van der Waals surface area contributed by atoms with Crippen LogP contribution in [0.2, 0.25) is 0 Å². The molecule has 0 unspecified atom stereocenters. The summed E-state index contributed by atoms with van der Waals surface area (Å²) < 4.78 is 12.3. The van der Waals surface area contributed by atoms with Crippen LogP contribution in [-0.4, -0.2) is 24.6 Å². The van der Waals surface area contributed by atoms with Crippen molar-refractivity contribution in [1.29, 1.82) is 0 Å². The third kappa shape index (κ3) is 2.58. The molecule has 0 aromatic heterocycles. The number of aryl methyl sites for hydroxylation is 1. The Bertz CT molecular complexity index is 481. The monoisotopic (exact) mass is 278 g/mol. The molecular formula is C15H23BO2S. The Kier molecular flexibility index (Phi) is 3.80. The molecule has 0 amide bonds. The van der Waals surface area contributed by atoms with Gasteiger partial charge in [-0.15, -0.1) is 11.8 Å². The molecule has 19 heavy (non-hydrogen) atoms. The lowest BCUT2D eigenvalue weighted by Crippen LogP contribution is -2.41. The maximum Gasteiger partial charge on any atom is 0.495 e. The molecule has 2 nitrogen and oxygen atoms in total. The van der Waals surface area contributed by atoms with Gasteiger partial charge in [0.15, 0.2) is 0 Å². The van der Waals surface area contributed by atoms with Crippen LogP contribution in [0.3, 0.4) is 0 Å². The molecule has 2 rings (SSSR count). The Labute approximate surface area is 121 Å². The standard InChI is InChI=1S/C15H23BO2S/c1-10-8-12(11(2)13(9-10)19-7)16-17-14(3,4)15(5,6)18-16/h8-9H,1-7H3. The van der Waals surface area contributed by atoms with Crippen LogP contribution in [-0.2, 0) is 9.31 Å². The van der Waals surface area contributed by atoms with Crippen LogP contribution < -0.4 is 5.46 Å². The van der Waals surface area contributed by atoms with E-state index >= 15 is 0 Å². The van der Waals surface area contributed by atoms with Gasteiger partial charge in [0.1, 0.15) is 0 Å². The molecule has 1 heterocycles. The highest BCUT2D eigenvalue weighted by Gasteiger charge is 2.52. The molecule has 1 aliphatic heterocycles. The Morgan fingerprint density at radius 3 is 2.00 bits per heavy atom. The number of benzene rings is 1. The summed E-state index contributed by atoms with van der Waals surface area (Å²) in [7, 11) is -0.268. The van der Waals surface area contributed by atoms with Crippen molar-refractivity contribution in [3.8, 4) is 0 Å². The number of rotatable bonds is 2. The lowest BCUT2D eigenvalue weighted by molar-refractivity contribution is 0.00578. The van der Waals surface area contributed by atoms with E-state index in [9.17, 15) is 0 Å². The van der Waals surface area contributed by atoms with Crippen LogP contribution in [0.5, 0.6) is 0 Å². The van der Waals surface area contributed by atoms with Gasteiger partial charge >= 0.3 is 7.12 Å². The van der Waals surface area contributed by atoms with E-state index in [1.165, 1.54) is 16.0 Å². The predicted octanol–water partition coefficient (Wildman–Crippen LogP) is 3.32. The Morgan fingerprint density at radius 2 is 1.53 bits per heavy atom. The quantitative estimate of drug-likeness (QED) is 0.610. The third-order valence-corrected chi connectivity index (χ3v) is 5.14. The molecule has 4 heteroatoms. The van der Waals surface area contributed by atoms with Gasteiger partial charge in [-0.05, 0) is 64.9 Å². The highest BCUT2D eigenvalue weighted by atomic mass is 32.2. The molecule has 0 spiro atoms. The zero-order valence-electron chi connectivity index (χ0n) is 13.0. The second kappa shape index (κ2) is 4.83. The summed E-state index contributed by atoms with van der Waals surface area (Å²) in [6, 6.07) is 4.39. The van der Waals surface area contributed by atoms with Crippen LogP contribution >= 0.6 is 11.8 Å². The summed E-state index contributed by atoms with van der Waals surface area (Å²) in [6.07, 6.45) is 2.11. The summed E-state index contributed by atoms with van der Waals surface area (Å²) >= 11 is 1.77. The van der Waals surface area contributed by atoms with Gasteiger partial charge in [0.2, 0.25) is 0 Å². The second-order valence-corrected chi connectivity index (χ2v) is 7.12. The van der Waals surface area contributed by atoms with Crippen molar-refractivity contribution >= 4 is 24.3 Å². The summed E-state index contributed by atoms with van der Waals surface area (Å²) in [5.41, 5.74) is 3.10. The highest BCUT2D eigenvalue weighted by molar-refractivity contribution is 7.98. The van der Waals surface area contributed by atoms with E-state index in [2.05, 4.69) is 59.9 Å². The molecule has 1 fully saturated rings. The van der Waals surface area contributed by atoms with Crippen LogP contribution in [0.1, 0.15) is 38.8 Å². The first-order valence-corrected chi connectivity index (χ1v) is 7.91. The molecule has 0 aliphatic carbocycles. The molecule has 1 saturated heterocycles. The molecule has 0 bridgehead atoms. The van der Waals surface area contributed by atoms with Gasteiger partial charge in [0.25, 0.3) is 0 Å². The smallest absolute Gasteiger partial charge is 0.399 e. The summed E-state index contributed by atoms with van der Waals surface area (Å²) in [6.45, 7) is 12.6. The topological polar surface area (TPSA) is 18.5 Å². The largest absolute Gasteiger partial charge is 0.495 e. The van der Waals surface area contributed by atoms with Crippen molar-refractivity contribution in [2.75, 3.05) is 6.26 Å². The van der Waals surface area contributed by atoms with Crippen molar-refractivity contribution in [1.82, 2.24) is 0 Å². The zero-order valence-corrected chi connectivity index (χ0v) is 13.8. The normalized spacial score (nSPS) is 20.9. The first-order chi connectivity index (χ1) is 8.68. The molecule has 1 aliphatic rings. The molecule has 1 aromatic carbocycles. The fourth-order valence-corrected chi connectivity index (χ4v) is 3.01. The second-order valence-electron chi connectivity index (χ2n) is 6.27. The molecule has 104 valence electrons. The van der Waals surface area contributed by atoms with Gasteiger partial charge in [-0.1, -0.05) is 11.6 Å². The minimum atomic E-state index is -0.284. The molecule has 0 atom stereocenters. The van der Waals surface area contributed by atoms with Gasteiger partial charge in [-0.3, -0.25) is 0 Å². The molecule has 1 aromatic rings. The lowest BCUT2D eigenvalue weighted by atomic mass is 9.75. The van der Waals surface area contributed by atoms with Crippen molar-refractivity contribution in [2.24, 2.45) is 0 Å². The van der Waals surface area contributed by atoms with Crippen molar-refractivity contribution in [3.05, 3.63) is 23.3 Å². The van der Waals surface area contributed by atoms with E-state index in [0.717, 1.165) is 5.46 Å². The minimum Gasteiger partial charge on any atom is -0.399 e. The molecule has 0 N–H and O–H groups in total. The van der Waals surface area contributed by atoms with E-state index in [1.807, 2.05) is 0 Å². The van der Waals surface area contributed by atoms with E-state index in [-0.39, 0.29) is 18.3 Å². The average molecular weight is 278 g/mol. The predicted molar refractivity (Wildman–Crippen MR) is 83.4 cm³/mol. The number of hydrogen-bond donors (Lipinski definition) is 0. The first-order valence-electron chi connectivity index (χ1n) is 6.69. The van der Waals surface area contributed by atoms with Crippen LogP contribution in [0.4, 0.5) is 0 Å². The van der Waals surface area contributed by atoms with Crippen molar-refractivity contribution < 1.29 is 9.31 Å². The van der Waals surface area contributed by atoms with Gasteiger partial charge in [0.05, 0.1) is 11.2 Å². The summed E-state index contributed by atoms with van der Waals surface area (Å²) in [5, 5.41) is 0. The maximum absolute atomic E-state index is 6.15. The number of thioether (sulfide) groups is 1. The third-order valence-electron chi connectivity index (χ3n) is 4.27. The number of hydrogen-bond acceptors (Lipinski definition) is 3. The molecule has 0 radical (unpaired) electrons. The van der Waals surface area contributed by atoms with E-state index in [4.69, 9.17) is 9.31 Å². The van der Waals surface area contributed by atoms with E-state index < -0.39 is 0 Å². The molecular weight excluding hydrogens is 255 g/mol. The summed E-state index contributed by atoms with van der Waals surface area (Å²) in [5.74, 6) is 0. The van der Waals surface area contributed by atoms with E-state index in [0.29, 0.717) is 0 Å².